The molecule has 1 N–H and O–H groups in total. The number of hydrogen-bond acceptors (Lipinski definition) is 4. The highest BCUT2D eigenvalue weighted by molar-refractivity contribution is 6.02. The summed E-state index contributed by atoms with van der Waals surface area (Å²) < 4.78 is 0. The topological polar surface area (TPSA) is 66.7 Å². The molecule has 3 aliphatic rings. The van der Waals surface area contributed by atoms with Gasteiger partial charge in [0.1, 0.15) is 0 Å². The first-order valence-electron chi connectivity index (χ1n) is 12.3. The molecular formula is C29H41NO3. The Kier molecular flexibility index (Phi) is 6.59. The largest absolute Gasteiger partial charge is 0.504 e. The SMILES string of the molecule is CC1=C(/O)C(=O)/C=C/[C@]2(C)CC[C@@]3(C)C[C@](C)(CCC(C)(C)N=C=O)CC[C@]3(C)\C2=C/C=C/1. The van der Waals surface area contributed by atoms with Crippen LogP contribution >= 0.6 is 0 Å². The van der Waals surface area contributed by atoms with E-state index in [0.29, 0.717) is 5.57 Å². The van der Waals surface area contributed by atoms with Gasteiger partial charge in [-0.1, -0.05) is 57.6 Å². The van der Waals surface area contributed by atoms with Crippen LogP contribution in [0, 0.1) is 21.7 Å². The lowest BCUT2D eigenvalue weighted by Crippen LogP contribution is -2.53. The third kappa shape index (κ3) is 4.73. The van der Waals surface area contributed by atoms with Crippen molar-refractivity contribution in [3.05, 3.63) is 47.3 Å². The summed E-state index contributed by atoms with van der Waals surface area (Å²) in [6, 6.07) is 0. The Balaban J connectivity index is 1.97. The Morgan fingerprint density at radius 1 is 1.09 bits per heavy atom. The highest BCUT2D eigenvalue weighted by Gasteiger charge is 2.59. The molecule has 3 aliphatic carbocycles. The molecule has 4 heteroatoms. The van der Waals surface area contributed by atoms with Crippen LogP contribution in [0.1, 0.15) is 93.4 Å². The van der Waals surface area contributed by atoms with Crippen LogP contribution in [0.25, 0.3) is 0 Å². The van der Waals surface area contributed by atoms with E-state index in [-0.39, 0.29) is 38.7 Å². The first-order valence-corrected chi connectivity index (χ1v) is 12.3. The van der Waals surface area contributed by atoms with Gasteiger partial charge in [0.25, 0.3) is 0 Å². The van der Waals surface area contributed by atoms with Gasteiger partial charge in [-0.05, 0) is 93.6 Å². The number of aliphatic imine (C=N–C) groups is 1. The van der Waals surface area contributed by atoms with Gasteiger partial charge in [0, 0.05) is 5.41 Å². The summed E-state index contributed by atoms with van der Waals surface area (Å²) >= 11 is 0. The summed E-state index contributed by atoms with van der Waals surface area (Å²) in [7, 11) is 0. The van der Waals surface area contributed by atoms with E-state index in [1.165, 1.54) is 5.57 Å². The van der Waals surface area contributed by atoms with Crippen molar-refractivity contribution in [2.24, 2.45) is 26.7 Å². The van der Waals surface area contributed by atoms with Crippen LogP contribution in [-0.2, 0) is 9.59 Å². The maximum atomic E-state index is 12.5. The van der Waals surface area contributed by atoms with Gasteiger partial charge in [-0.15, -0.1) is 0 Å². The summed E-state index contributed by atoms with van der Waals surface area (Å²) in [5.41, 5.74) is 1.78. The fraction of sp³-hybridized carbons (Fsp3) is 0.655. The predicted molar refractivity (Wildman–Crippen MR) is 134 cm³/mol. The average Bonchev–Trinajstić information content (AvgIpc) is 2.74. The zero-order valence-electron chi connectivity index (χ0n) is 21.5. The standard InChI is InChI=1S/C29H41NO3/c1-21-9-8-10-23-27(5,12-11-22(32)24(21)33)16-17-28(6)19-26(4,15-18-29(23,28)7)14-13-25(2,3)30-20-31/h8-12,33H,13-19H2,1-7H3/b9-8+,12-11+,23-10-,24-21+/t26-,27-,28+,29-/m1/s1. The number of carbonyl (C=O) groups excluding carboxylic acids is 2. The molecule has 0 amide bonds. The summed E-state index contributed by atoms with van der Waals surface area (Å²) in [4.78, 5) is 27.3. The van der Waals surface area contributed by atoms with E-state index in [2.05, 4.69) is 38.8 Å². The predicted octanol–water partition coefficient (Wildman–Crippen LogP) is 7.34. The monoisotopic (exact) mass is 451 g/mol. The molecule has 4 atom stereocenters. The number of hydrogen-bond donors (Lipinski definition) is 1. The molecule has 0 radical (unpaired) electrons. The number of isocyanates is 1. The number of carbonyl (C=O) groups is 1. The number of allylic oxidation sites excluding steroid dienone is 7. The lowest BCUT2D eigenvalue weighted by molar-refractivity contribution is -0.113. The van der Waals surface area contributed by atoms with Crippen LogP contribution in [0.2, 0.25) is 0 Å². The molecule has 33 heavy (non-hydrogen) atoms. The van der Waals surface area contributed by atoms with E-state index in [9.17, 15) is 14.7 Å². The Morgan fingerprint density at radius 3 is 2.45 bits per heavy atom. The molecular weight excluding hydrogens is 410 g/mol. The van der Waals surface area contributed by atoms with E-state index in [1.54, 1.807) is 19.1 Å². The van der Waals surface area contributed by atoms with Crippen LogP contribution < -0.4 is 0 Å². The minimum Gasteiger partial charge on any atom is -0.504 e. The fourth-order valence-corrected chi connectivity index (χ4v) is 6.65. The molecule has 0 spiro atoms. The first kappa shape index (κ1) is 25.4. The van der Waals surface area contributed by atoms with Gasteiger partial charge in [-0.2, -0.15) is 4.99 Å². The third-order valence-corrected chi connectivity index (χ3v) is 9.29. The van der Waals surface area contributed by atoms with Gasteiger partial charge in [0.15, 0.2) is 5.76 Å². The summed E-state index contributed by atoms with van der Waals surface area (Å²) in [6.45, 7) is 15.3. The Morgan fingerprint density at radius 2 is 1.79 bits per heavy atom. The average molecular weight is 452 g/mol. The molecule has 0 aromatic heterocycles. The van der Waals surface area contributed by atoms with Crippen molar-refractivity contribution in [1.82, 2.24) is 0 Å². The fourth-order valence-electron chi connectivity index (χ4n) is 6.65. The first-order chi connectivity index (χ1) is 15.2. The molecule has 4 nitrogen and oxygen atoms in total. The molecule has 0 aromatic carbocycles. The number of aliphatic hydroxyl groups is 1. The molecule has 180 valence electrons. The van der Waals surface area contributed by atoms with Crippen LogP contribution in [0.4, 0.5) is 0 Å². The number of nitrogens with zero attached hydrogens (tertiary/aromatic N) is 1. The van der Waals surface area contributed by atoms with Crippen LogP contribution in [-0.4, -0.2) is 22.5 Å². The van der Waals surface area contributed by atoms with E-state index in [4.69, 9.17) is 0 Å². The lowest BCUT2D eigenvalue weighted by Gasteiger charge is -2.63. The zero-order chi connectivity index (χ0) is 24.7. The minimum absolute atomic E-state index is 0.0204. The maximum absolute atomic E-state index is 12.5. The molecule has 0 aliphatic heterocycles. The highest BCUT2D eigenvalue weighted by atomic mass is 16.3. The quantitative estimate of drug-likeness (QED) is 0.359. The molecule has 2 saturated carbocycles. The maximum Gasteiger partial charge on any atom is 0.235 e. The smallest absolute Gasteiger partial charge is 0.235 e. The minimum atomic E-state index is -0.366. The molecule has 0 heterocycles. The molecule has 0 aromatic rings. The van der Waals surface area contributed by atoms with Crippen molar-refractivity contribution in [3.8, 4) is 0 Å². The van der Waals surface area contributed by atoms with Gasteiger partial charge in [0.2, 0.25) is 11.9 Å². The second-order valence-corrected chi connectivity index (χ2v) is 12.5. The number of rotatable bonds is 4. The molecule has 0 unspecified atom stereocenters. The Hall–Kier alpha value is -2.19. The Bertz CT molecular complexity index is 992. The van der Waals surface area contributed by atoms with Crippen LogP contribution in [0.5, 0.6) is 0 Å². The van der Waals surface area contributed by atoms with E-state index < -0.39 is 0 Å². The summed E-state index contributed by atoms with van der Waals surface area (Å²) in [5, 5.41) is 10.2. The van der Waals surface area contributed by atoms with Crippen molar-refractivity contribution in [3.63, 3.8) is 0 Å². The number of fused-ring (bicyclic) bond motifs is 3. The van der Waals surface area contributed by atoms with E-state index in [1.807, 2.05) is 32.1 Å². The van der Waals surface area contributed by atoms with Gasteiger partial charge in [-0.3, -0.25) is 4.79 Å². The van der Waals surface area contributed by atoms with Crippen molar-refractivity contribution in [2.45, 2.75) is 99.0 Å². The van der Waals surface area contributed by atoms with Crippen molar-refractivity contribution in [1.29, 1.82) is 0 Å². The summed E-state index contributed by atoms with van der Waals surface area (Å²) in [5.74, 6) is -0.500. The molecule has 0 saturated heterocycles. The molecule has 0 bridgehead atoms. The van der Waals surface area contributed by atoms with Gasteiger partial charge in [0.05, 0.1) is 5.54 Å². The van der Waals surface area contributed by atoms with E-state index in [0.717, 1.165) is 44.9 Å². The van der Waals surface area contributed by atoms with Crippen molar-refractivity contribution >= 4 is 11.9 Å². The third-order valence-electron chi connectivity index (χ3n) is 9.29. The number of aliphatic hydroxyl groups excluding tert-OH is 1. The van der Waals surface area contributed by atoms with Crippen LogP contribution in [0.15, 0.2) is 52.3 Å². The second kappa shape index (κ2) is 8.55. The van der Waals surface area contributed by atoms with Gasteiger partial charge in [-0.25, -0.2) is 4.79 Å². The second-order valence-electron chi connectivity index (χ2n) is 12.5. The molecule has 2 fully saturated rings. The van der Waals surface area contributed by atoms with Crippen LogP contribution in [0.3, 0.4) is 0 Å². The summed E-state index contributed by atoms with van der Waals surface area (Å²) in [6.07, 6.45) is 18.8. The van der Waals surface area contributed by atoms with Gasteiger partial charge < -0.3 is 5.11 Å². The van der Waals surface area contributed by atoms with Crippen molar-refractivity contribution < 1.29 is 14.7 Å². The molecule has 3 rings (SSSR count). The van der Waals surface area contributed by atoms with E-state index >= 15 is 0 Å². The number of ketones is 1. The lowest BCUT2D eigenvalue weighted by atomic mass is 9.41. The van der Waals surface area contributed by atoms with Gasteiger partial charge >= 0.3 is 0 Å². The normalized spacial score (nSPS) is 42.8. The zero-order valence-corrected chi connectivity index (χ0v) is 21.5. The van der Waals surface area contributed by atoms with Crippen molar-refractivity contribution in [2.75, 3.05) is 0 Å². The Labute approximate surface area is 199 Å². The highest BCUT2D eigenvalue weighted by Crippen LogP contribution is 2.69.